The van der Waals surface area contributed by atoms with Crippen molar-refractivity contribution in [2.75, 3.05) is 13.1 Å². The summed E-state index contributed by atoms with van der Waals surface area (Å²) in [6.45, 7) is 2.63. The molecule has 4 heterocycles. The number of β-amino-alcohol motifs (C(OH)–C–C–N with tert-alkyl or cyclic N) is 1. The molecule has 4 aromatic rings. The van der Waals surface area contributed by atoms with Crippen molar-refractivity contribution >= 4 is 44.5 Å². The Morgan fingerprint density at radius 2 is 2.06 bits per heavy atom. The molecular formula is C22H19N3O5S. The normalized spacial score (nSPS) is 16.3. The van der Waals surface area contributed by atoms with Crippen LogP contribution in [0.3, 0.4) is 0 Å². The van der Waals surface area contributed by atoms with Gasteiger partial charge in [0.15, 0.2) is 0 Å². The number of likely N-dealkylation sites (tertiary alicyclic amines) is 1. The van der Waals surface area contributed by atoms with Crippen LogP contribution >= 0.6 is 11.3 Å². The molecule has 158 valence electrons. The van der Waals surface area contributed by atoms with Crippen LogP contribution in [0.5, 0.6) is 11.5 Å². The zero-order valence-corrected chi connectivity index (χ0v) is 17.4. The van der Waals surface area contributed by atoms with Crippen LogP contribution in [0.4, 0.5) is 4.79 Å². The van der Waals surface area contributed by atoms with Gasteiger partial charge in [0.2, 0.25) is 0 Å². The summed E-state index contributed by atoms with van der Waals surface area (Å²) in [4.78, 5) is 30.8. The quantitative estimate of drug-likeness (QED) is 0.500. The van der Waals surface area contributed by atoms with Gasteiger partial charge in [-0.1, -0.05) is 0 Å². The highest BCUT2D eigenvalue weighted by atomic mass is 32.1. The Labute approximate surface area is 180 Å². The van der Waals surface area contributed by atoms with Crippen molar-refractivity contribution in [2.24, 2.45) is 0 Å². The summed E-state index contributed by atoms with van der Waals surface area (Å²) < 4.78 is 8.08. The number of fused-ring (bicyclic) bond motifs is 2. The van der Waals surface area contributed by atoms with E-state index in [0.717, 1.165) is 10.1 Å². The average molecular weight is 437 g/mol. The fourth-order valence-corrected chi connectivity index (χ4v) is 4.99. The number of carbonyl (C=O) groups excluding carboxylic acids is 1. The minimum Gasteiger partial charge on any atom is -0.464 e. The molecule has 1 aromatic carbocycles. The summed E-state index contributed by atoms with van der Waals surface area (Å²) >= 11 is 1.31. The van der Waals surface area contributed by atoms with Gasteiger partial charge in [-0.25, -0.2) is 4.79 Å². The third kappa shape index (κ3) is 3.41. The molecule has 8 nitrogen and oxygen atoms in total. The summed E-state index contributed by atoms with van der Waals surface area (Å²) in [7, 11) is 0. The Balaban J connectivity index is 1.47. The van der Waals surface area contributed by atoms with Gasteiger partial charge >= 0.3 is 6.09 Å². The first kappa shape index (κ1) is 19.5. The number of thiophene rings is 1. The number of aromatic nitrogens is 2. The standard InChI is InChI=1S/C22H19N3O5S/c1-12-8-13-9-15(2-3-17(13)25(12)22(28)29)30-18-4-6-23-16-10-19(31-20(16)18)21(27)24-7-5-14(26)11-24/h2-4,6,8-10,14,26H,5,7,11H2,1H3,(H,28,29). The maximum absolute atomic E-state index is 12.8. The van der Waals surface area contributed by atoms with Gasteiger partial charge in [-0.15, -0.1) is 11.3 Å². The second-order valence-corrected chi connectivity index (χ2v) is 8.61. The number of hydrogen-bond donors (Lipinski definition) is 2. The van der Waals surface area contributed by atoms with Gasteiger partial charge in [0.25, 0.3) is 5.91 Å². The number of nitrogens with zero attached hydrogens (tertiary/aromatic N) is 3. The summed E-state index contributed by atoms with van der Waals surface area (Å²) in [6.07, 6.45) is 0.722. The third-order valence-electron chi connectivity index (χ3n) is 5.41. The molecule has 0 bridgehead atoms. The molecule has 5 rings (SSSR count). The molecular weight excluding hydrogens is 418 g/mol. The number of hydrogen-bond acceptors (Lipinski definition) is 6. The highest BCUT2D eigenvalue weighted by molar-refractivity contribution is 7.21. The van der Waals surface area contributed by atoms with Gasteiger partial charge in [-0.3, -0.25) is 14.3 Å². The molecule has 0 radical (unpaired) electrons. The molecule has 1 fully saturated rings. The van der Waals surface area contributed by atoms with Gasteiger partial charge in [0.1, 0.15) is 11.5 Å². The lowest BCUT2D eigenvalue weighted by Gasteiger charge is -2.13. The van der Waals surface area contributed by atoms with E-state index >= 15 is 0 Å². The first-order chi connectivity index (χ1) is 14.9. The smallest absolute Gasteiger partial charge is 0.416 e. The highest BCUT2D eigenvalue weighted by Crippen LogP contribution is 2.36. The first-order valence-corrected chi connectivity index (χ1v) is 10.6. The van der Waals surface area contributed by atoms with Gasteiger partial charge in [-0.2, -0.15) is 0 Å². The lowest BCUT2D eigenvalue weighted by molar-refractivity contribution is 0.0769. The molecule has 1 aliphatic rings. The highest BCUT2D eigenvalue weighted by Gasteiger charge is 2.27. The molecule has 1 amide bonds. The molecule has 0 aliphatic carbocycles. The lowest BCUT2D eigenvalue weighted by Crippen LogP contribution is -2.28. The van der Waals surface area contributed by atoms with Crippen molar-refractivity contribution in [1.82, 2.24) is 14.5 Å². The minimum atomic E-state index is -1.03. The zero-order valence-electron chi connectivity index (χ0n) is 16.6. The Morgan fingerprint density at radius 1 is 1.23 bits per heavy atom. The van der Waals surface area contributed by atoms with E-state index in [1.165, 1.54) is 15.9 Å². The Bertz CT molecular complexity index is 1340. The predicted octanol–water partition coefficient (Wildman–Crippen LogP) is 4.08. The second kappa shape index (κ2) is 7.36. The molecule has 1 aliphatic heterocycles. The second-order valence-electron chi connectivity index (χ2n) is 7.55. The molecule has 1 unspecified atom stereocenters. The van der Waals surface area contributed by atoms with E-state index in [9.17, 15) is 19.8 Å². The van der Waals surface area contributed by atoms with Crippen molar-refractivity contribution in [3.05, 3.63) is 53.2 Å². The molecule has 3 aromatic heterocycles. The number of aliphatic hydroxyl groups excluding tert-OH is 1. The molecule has 31 heavy (non-hydrogen) atoms. The molecule has 9 heteroatoms. The van der Waals surface area contributed by atoms with E-state index < -0.39 is 12.2 Å². The van der Waals surface area contributed by atoms with Crippen LogP contribution in [-0.4, -0.2) is 55.9 Å². The van der Waals surface area contributed by atoms with E-state index in [1.54, 1.807) is 54.4 Å². The van der Waals surface area contributed by atoms with Gasteiger partial charge < -0.3 is 19.8 Å². The fourth-order valence-electron chi connectivity index (χ4n) is 3.96. The van der Waals surface area contributed by atoms with Crippen molar-refractivity contribution in [3.63, 3.8) is 0 Å². The number of benzene rings is 1. The largest absolute Gasteiger partial charge is 0.464 e. The first-order valence-electron chi connectivity index (χ1n) is 9.80. The van der Waals surface area contributed by atoms with Crippen LogP contribution in [-0.2, 0) is 0 Å². The molecule has 2 N–H and O–H groups in total. The van der Waals surface area contributed by atoms with Crippen LogP contribution in [0.1, 0.15) is 21.8 Å². The summed E-state index contributed by atoms with van der Waals surface area (Å²) in [5, 5.41) is 19.9. The van der Waals surface area contributed by atoms with Crippen molar-refractivity contribution in [2.45, 2.75) is 19.4 Å². The van der Waals surface area contributed by atoms with E-state index in [0.29, 0.717) is 52.6 Å². The van der Waals surface area contributed by atoms with Crippen LogP contribution in [0, 0.1) is 6.92 Å². The van der Waals surface area contributed by atoms with Crippen LogP contribution in [0.15, 0.2) is 42.6 Å². The SMILES string of the molecule is Cc1cc2cc(Oc3ccnc4cc(C(=O)N5CCC(O)C5)sc34)ccc2n1C(=O)O. The predicted molar refractivity (Wildman–Crippen MR) is 116 cm³/mol. The molecule has 1 atom stereocenters. The number of carbonyl (C=O) groups is 2. The summed E-state index contributed by atoms with van der Waals surface area (Å²) in [6, 6.07) is 10.5. The summed E-state index contributed by atoms with van der Waals surface area (Å²) in [5.41, 5.74) is 1.88. The Hall–Kier alpha value is -3.43. The van der Waals surface area contributed by atoms with E-state index in [1.807, 2.05) is 0 Å². The Morgan fingerprint density at radius 3 is 2.81 bits per heavy atom. The van der Waals surface area contributed by atoms with Gasteiger partial charge in [0, 0.05) is 36.4 Å². The third-order valence-corrected chi connectivity index (χ3v) is 6.54. The number of pyridine rings is 1. The van der Waals surface area contributed by atoms with Crippen LogP contribution < -0.4 is 4.74 Å². The van der Waals surface area contributed by atoms with E-state index in [4.69, 9.17) is 4.74 Å². The number of carboxylic acid groups (broad SMARTS) is 1. The van der Waals surface area contributed by atoms with Crippen LogP contribution in [0.2, 0.25) is 0 Å². The molecule has 0 spiro atoms. The van der Waals surface area contributed by atoms with E-state index in [-0.39, 0.29) is 5.91 Å². The maximum Gasteiger partial charge on any atom is 0.416 e. The molecule has 0 saturated carbocycles. The topological polar surface area (TPSA) is 105 Å². The van der Waals surface area contributed by atoms with Crippen LogP contribution in [0.25, 0.3) is 21.1 Å². The number of ether oxygens (including phenoxy) is 1. The maximum atomic E-state index is 12.8. The number of amides is 1. The summed E-state index contributed by atoms with van der Waals surface area (Å²) in [5.74, 6) is 1.02. The average Bonchev–Trinajstić information content (AvgIpc) is 3.43. The monoisotopic (exact) mass is 437 g/mol. The van der Waals surface area contributed by atoms with Gasteiger partial charge in [-0.05, 0) is 43.7 Å². The number of aryl methyl sites for hydroxylation is 1. The van der Waals surface area contributed by atoms with Crippen molar-refractivity contribution < 1.29 is 24.5 Å². The zero-order chi connectivity index (χ0) is 21.7. The minimum absolute atomic E-state index is 0.114. The number of aliphatic hydroxyl groups is 1. The van der Waals surface area contributed by atoms with E-state index in [2.05, 4.69) is 4.98 Å². The number of rotatable bonds is 3. The lowest BCUT2D eigenvalue weighted by atomic mass is 10.2. The Kier molecular flexibility index (Phi) is 4.64. The molecule has 1 saturated heterocycles. The van der Waals surface area contributed by atoms with Crippen molar-refractivity contribution in [3.8, 4) is 11.5 Å². The fraction of sp³-hybridized carbons (Fsp3) is 0.227. The van der Waals surface area contributed by atoms with Crippen molar-refractivity contribution in [1.29, 1.82) is 0 Å². The van der Waals surface area contributed by atoms with Gasteiger partial charge in [0.05, 0.1) is 26.7 Å².